The Bertz CT molecular complexity index is 1150. The van der Waals surface area contributed by atoms with Crippen molar-refractivity contribution < 1.29 is 0 Å². The van der Waals surface area contributed by atoms with Gasteiger partial charge in [-0.05, 0) is 75.9 Å². The van der Waals surface area contributed by atoms with Crippen LogP contribution in [0.15, 0.2) is 68.5 Å². The molecule has 45 heavy (non-hydrogen) atoms. The first-order chi connectivity index (χ1) is 21.3. The number of hydrogen-bond donors (Lipinski definition) is 4. The Balaban J connectivity index is 0.0000101. The zero-order chi connectivity index (χ0) is 32.2. The Kier molecular flexibility index (Phi) is 20.5. The van der Waals surface area contributed by atoms with E-state index >= 15 is 0 Å². The fraction of sp³-hybridized carbons (Fsp3) is 0.500. The van der Waals surface area contributed by atoms with Crippen molar-refractivity contribution in [2.75, 3.05) is 39.3 Å². The molecule has 0 radical (unpaired) electrons. The van der Waals surface area contributed by atoms with Crippen LogP contribution < -0.4 is 22.1 Å². The fourth-order valence-corrected chi connectivity index (χ4v) is 4.79. The van der Waals surface area contributed by atoms with Crippen LogP contribution in [0.25, 0.3) is 0 Å². The summed E-state index contributed by atoms with van der Waals surface area (Å²) in [6.45, 7) is 14.0. The number of rotatable bonds is 15. The highest BCUT2D eigenvalue weighted by Crippen LogP contribution is 2.12. The van der Waals surface area contributed by atoms with Gasteiger partial charge in [-0.3, -0.25) is 20.6 Å². The molecule has 0 aliphatic heterocycles. The minimum atomic E-state index is 0. The zero-order valence-corrected chi connectivity index (χ0v) is 29.4. The summed E-state index contributed by atoms with van der Waals surface area (Å²) in [6, 6.07) is 15.2. The lowest BCUT2D eigenvalue weighted by atomic mass is 10.2. The van der Waals surface area contributed by atoms with E-state index in [1.54, 1.807) is 0 Å². The van der Waals surface area contributed by atoms with Gasteiger partial charge >= 0.3 is 0 Å². The second-order valence-electron chi connectivity index (χ2n) is 10.1. The zero-order valence-electron chi connectivity index (χ0n) is 27.1. The van der Waals surface area contributed by atoms with Crippen LogP contribution in [0.1, 0.15) is 64.5 Å². The van der Waals surface area contributed by atoms with Crippen molar-refractivity contribution in [3.63, 3.8) is 0 Å². The van der Waals surface area contributed by atoms with Crippen LogP contribution in [0.2, 0.25) is 10.0 Å². The molecule has 0 aliphatic rings. The Hall–Kier alpha value is -3.21. The van der Waals surface area contributed by atoms with Gasteiger partial charge in [-0.25, -0.2) is 9.98 Å². The molecule has 6 N–H and O–H groups in total. The number of nitrogens with zero attached hydrogens (tertiary/aromatic N) is 6. The summed E-state index contributed by atoms with van der Waals surface area (Å²) in [4.78, 5) is 22.8. The minimum Gasteiger partial charge on any atom is -0.370 e. The summed E-state index contributed by atoms with van der Waals surface area (Å²) in [5.74, 6) is 2.16. The standard InChI is InChI=1S/C32H50Cl2N10.ClH/c1-5-43(6-2)31(41-29(35)39-23-25-15-13-17-27(33)21-25)37-19-11-9-10-12-20-38-32(44(7-3)8-4)42-30(36)40-24-26-16-14-18-28(34)22-26;/h13-18,21-22H,5-12,19-20,23-24H2,1-4H3,(H3,35,37,39,41)(H3,36,38,40,42);1H. The van der Waals surface area contributed by atoms with Crippen LogP contribution in [0, 0.1) is 0 Å². The van der Waals surface area contributed by atoms with E-state index in [0.717, 1.165) is 74.9 Å². The molecule has 0 saturated heterocycles. The molecule has 0 saturated carbocycles. The van der Waals surface area contributed by atoms with Crippen molar-refractivity contribution in [2.45, 2.75) is 66.5 Å². The van der Waals surface area contributed by atoms with E-state index < -0.39 is 0 Å². The summed E-state index contributed by atoms with van der Waals surface area (Å²) >= 11 is 12.2. The number of nitrogens with one attached hydrogen (secondary N) is 2. The number of aliphatic imine (C=N–C) groups is 4. The minimum absolute atomic E-state index is 0. The first kappa shape index (κ1) is 39.8. The van der Waals surface area contributed by atoms with E-state index in [-0.39, 0.29) is 12.4 Å². The van der Waals surface area contributed by atoms with Gasteiger partial charge in [0.2, 0.25) is 11.9 Å². The first-order valence-corrected chi connectivity index (χ1v) is 16.3. The predicted molar refractivity (Wildman–Crippen MR) is 196 cm³/mol. The quantitative estimate of drug-likeness (QED) is 0.106. The summed E-state index contributed by atoms with van der Waals surface area (Å²) in [5.41, 5.74) is 14.4. The predicted octanol–water partition coefficient (Wildman–Crippen LogP) is 5.88. The molecule has 0 unspecified atom stereocenters. The van der Waals surface area contributed by atoms with Crippen LogP contribution >= 0.6 is 35.6 Å². The topological polar surface area (TPSA) is 132 Å². The van der Waals surface area contributed by atoms with E-state index in [0.29, 0.717) is 48.1 Å². The van der Waals surface area contributed by atoms with E-state index in [9.17, 15) is 0 Å². The summed E-state index contributed by atoms with van der Waals surface area (Å²) < 4.78 is 0. The van der Waals surface area contributed by atoms with Crippen molar-refractivity contribution >= 4 is 59.4 Å². The summed E-state index contributed by atoms with van der Waals surface area (Å²) in [7, 11) is 0. The molecule has 2 rings (SSSR count). The van der Waals surface area contributed by atoms with Gasteiger partial charge in [0.05, 0.1) is 13.1 Å². The molecule has 0 spiro atoms. The van der Waals surface area contributed by atoms with E-state index in [4.69, 9.17) is 44.7 Å². The average molecular weight is 682 g/mol. The van der Waals surface area contributed by atoms with Gasteiger partial charge in [0.25, 0.3) is 0 Å². The Morgan fingerprint density at radius 3 is 1.33 bits per heavy atom. The Labute approximate surface area is 285 Å². The highest BCUT2D eigenvalue weighted by molar-refractivity contribution is 6.30. The molecule has 10 nitrogen and oxygen atoms in total. The molecular weight excluding hydrogens is 631 g/mol. The van der Waals surface area contributed by atoms with Crippen LogP contribution in [0.3, 0.4) is 0 Å². The Morgan fingerprint density at radius 1 is 0.622 bits per heavy atom. The van der Waals surface area contributed by atoms with Crippen LogP contribution in [-0.4, -0.2) is 72.9 Å². The fourth-order valence-electron chi connectivity index (χ4n) is 4.36. The lowest BCUT2D eigenvalue weighted by molar-refractivity contribution is 0.451. The van der Waals surface area contributed by atoms with Crippen LogP contribution in [-0.2, 0) is 13.1 Å². The molecule has 2 aromatic rings. The summed E-state index contributed by atoms with van der Waals surface area (Å²) in [6.07, 6.45) is 4.06. The highest BCUT2D eigenvalue weighted by Gasteiger charge is 2.10. The second-order valence-corrected chi connectivity index (χ2v) is 11.0. The lowest BCUT2D eigenvalue weighted by Gasteiger charge is -2.23. The van der Waals surface area contributed by atoms with Crippen molar-refractivity contribution in [1.29, 1.82) is 0 Å². The number of hydrogen-bond acceptors (Lipinski definition) is 4. The highest BCUT2D eigenvalue weighted by atomic mass is 35.5. The van der Waals surface area contributed by atoms with E-state index in [1.165, 1.54) is 0 Å². The third-order valence-corrected chi connectivity index (χ3v) is 7.31. The van der Waals surface area contributed by atoms with Gasteiger partial charge in [0, 0.05) is 49.3 Å². The molecule has 0 heterocycles. The maximum absolute atomic E-state index is 6.19. The Morgan fingerprint density at radius 2 is 1.00 bits per heavy atom. The average Bonchev–Trinajstić information content (AvgIpc) is 3.01. The van der Waals surface area contributed by atoms with Gasteiger partial charge < -0.3 is 21.3 Å². The second kappa shape index (κ2) is 23.2. The van der Waals surface area contributed by atoms with Crippen LogP contribution in [0.5, 0.6) is 0 Å². The number of guanidine groups is 4. The first-order valence-electron chi connectivity index (χ1n) is 15.5. The number of unbranched alkanes of at least 4 members (excludes halogenated alkanes) is 3. The number of benzene rings is 2. The molecule has 250 valence electrons. The molecule has 0 aromatic heterocycles. The lowest BCUT2D eigenvalue weighted by Crippen LogP contribution is -2.47. The maximum atomic E-state index is 6.19. The normalized spacial score (nSPS) is 12.5. The molecule has 2 aromatic carbocycles. The molecule has 0 aliphatic carbocycles. The molecular formula is C32H51Cl3N10. The van der Waals surface area contributed by atoms with Crippen molar-refractivity contribution in [1.82, 2.24) is 20.4 Å². The molecule has 13 heteroatoms. The van der Waals surface area contributed by atoms with Gasteiger partial charge in [-0.2, -0.15) is 0 Å². The number of halogens is 3. The van der Waals surface area contributed by atoms with Crippen LogP contribution in [0.4, 0.5) is 0 Å². The van der Waals surface area contributed by atoms with Crippen molar-refractivity contribution in [3.05, 3.63) is 69.7 Å². The monoisotopic (exact) mass is 680 g/mol. The number of nitrogens with two attached hydrogens (primary N) is 2. The molecule has 0 atom stereocenters. The van der Waals surface area contributed by atoms with Gasteiger partial charge in [0.15, 0.2) is 11.9 Å². The smallest absolute Gasteiger partial charge is 0.200 e. The van der Waals surface area contributed by atoms with Gasteiger partial charge in [0.1, 0.15) is 0 Å². The van der Waals surface area contributed by atoms with E-state index in [2.05, 4.69) is 58.1 Å². The largest absolute Gasteiger partial charge is 0.370 e. The summed E-state index contributed by atoms with van der Waals surface area (Å²) in [5, 5.41) is 7.77. The van der Waals surface area contributed by atoms with Gasteiger partial charge in [-0.1, -0.05) is 60.3 Å². The molecule has 0 amide bonds. The maximum Gasteiger partial charge on any atom is 0.200 e. The SMILES string of the molecule is CCN(CC)C(=NCCCCCCN=C(NC(N)=NCc1cccc(Cl)c1)N(CC)CC)NC(N)=NCc1cccc(Cl)c1.Cl. The van der Waals surface area contributed by atoms with Crippen molar-refractivity contribution in [3.8, 4) is 0 Å². The third kappa shape index (κ3) is 16.1. The van der Waals surface area contributed by atoms with Gasteiger partial charge in [-0.15, -0.1) is 12.4 Å². The van der Waals surface area contributed by atoms with Crippen molar-refractivity contribution in [2.24, 2.45) is 31.4 Å². The molecule has 0 bridgehead atoms. The molecule has 0 fully saturated rings. The third-order valence-electron chi connectivity index (χ3n) is 6.84. The van der Waals surface area contributed by atoms with E-state index in [1.807, 2.05) is 48.5 Å².